The first-order chi connectivity index (χ1) is 10.1. The Morgan fingerprint density at radius 1 is 1.23 bits per heavy atom. The molecule has 0 radical (unpaired) electrons. The largest absolute Gasteiger partial charge is 0.445 e. The summed E-state index contributed by atoms with van der Waals surface area (Å²) in [5.41, 5.74) is 0.591. The van der Waals surface area contributed by atoms with Crippen molar-refractivity contribution in [3.05, 3.63) is 35.9 Å². The standard InChI is InChI=1S/C12H13ClF3NO4S/c13-22(19,20)7-6-17(9-12(14,15)16)11(18)21-8-10-4-2-1-3-5-10/h1-5H,6-9H2. The predicted octanol–water partition coefficient (Wildman–Crippen LogP) is 2.76. The fourth-order valence-corrected chi connectivity index (χ4v) is 2.13. The highest BCUT2D eigenvalue weighted by Gasteiger charge is 2.34. The fourth-order valence-electron chi connectivity index (χ4n) is 1.48. The summed E-state index contributed by atoms with van der Waals surface area (Å²) in [5.74, 6) is -0.801. The van der Waals surface area contributed by atoms with Crippen molar-refractivity contribution in [2.45, 2.75) is 12.8 Å². The van der Waals surface area contributed by atoms with Gasteiger partial charge in [-0.15, -0.1) is 0 Å². The van der Waals surface area contributed by atoms with Crippen LogP contribution in [-0.4, -0.2) is 44.4 Å². The van der Waals surface area contributed by atoms with Gasteiger partial charge >= 0.3 is 12.3 Å². The van der Waals surface area contributed by atoms with Crippen molar-refractivity contribution in [1.82, 2.24) is 4.90 Å². The lowest BCUT2D eigenvalue weighted by Crippen LogP contribution is -2.41. The molecule has 0 N–H and O–H groups in total. The lowest BCUT2D eigenvalue weighted by molar-refractivity contribution is -0.142. The summed E-state index contributed by atoms with van der Waals surface area (Å²) in [6.07, 6.45) is -5.94. The van der Waals surface area contributed by atoms with Gasteiger partial charge in [0.05, 0.1) is 5.75 Å². The van der Waals surface area contributed by atoms with Gasteiger partial charge in [-0.1, -0.05) is 30.3 Å². The molecule has 0 aliphatic rings. The Labute approximate surface area is 130 Å². The maximum absolute atomic E-state index is 12.4. The first kappa shape index (κ1) is 18.6. The van der Waals surface area contributed by atoms with Crippen molar-refractivity contribution in [2.75, 3.05) is 18.8 Å². The number of carbonyl (C=O) groups is 1. The molecule has 1 aromatic rings. The van der Waals surface area contributed by atoms with E-state index >= 15 is 0 Å². The van der Waals surface area contributed by atoms with Gasteiger partial charge in [0.1, 0.15) is 13.2 Å². The van der Waals surface area contributed by atoms with Crippen LogP contribution in [0.25, 0.3) is 0 Å². The van der Waals surface area contributed by atoms with Gasteiger partial charge in [0, 0.05) is 17.2 Å². The summed E-state index contributed by atoms with van der Waals surface area (Å²) in [5, 5.41) is 0. The van der Waals surface area contributed by atoms with E-state index in [0.29, 0.717) is 5.56 Å². The zero-order valence-electron chi connectivity index (χ0n) is 11.2. The maximum atomic E-state index is 12.4. The van der Waals surface area contributed by atoms with Gasteiger partial charge in [-0.05, 0) is 5.56 Å². The van der Waals surface area contributed by atoms with E-state index in [1.165, 1.54) is 0 Å². The van der Waals surface area contributed by atoms with Crippen LogP contribution in [0.15, 0.2) is 30.3 Å². The molecule has 0 atom stereocenters. The molecule has 1 amide bonds. The Kier molecular flexibility index (Phi) is 6.48. The number of benzene rings is 1. The average Bonchev–Trinajstić information content (AvgIpc) is 2.40. The highest BCUT2D eigenvalue weighted by atomic mass is 35.7. The molecule has 0 unspecified atom stereocenters. The molecule has 22 heavy (non-hydrogen) atoms. The lowest BCUT2D eigenvalue weighted by Gasteiger charge is -2.22. The highest BCUT2D eigenvalue weighted by molar-refractivity contribution is 8.13. The van der Waals surface area contributed by atoms with E-state index in [2.05, 4.69) is 0 Å². The van der Waals surface area contributed by atoms with Crippen molar-refractivity contribution in [3.8, 4) is 0 Å². The summed E-state index contributed by atoms with van der Waals surface area (Å²) in [7, 11) is 0.918. The van der Waals surface area contributed by atoms with Crippen LogP contribution in [0.1, 0.15) is 5.56 Å². The zero-order chi connectivity index (χ0) is 16.8. The molecule has 10 heteroatoms. The molecule has 1 rings (SSSR count). The topological polar surface area (TPSA) is 63.7 Å². The number of halogens is 4. The van der Waals surface area contributed by atoms with Crippen LogP contribution in [0.5, 0.6) is 0 Å². The molecule has 5 nitrogen and oxygen atoms in total. The predicted molar refractivity (Wildman–Crippen MR) is 73.9 cm³/mol. The number of carbonyl (C=O) groups excluding carboxylic acids is 1. The molecule has 0 fully saturated rings. The van der Waals surface area contributed by atoms with Crippen molar-refractivity contribution < 1.29 is 31.1 Å². The minimum atomic E-state index is -4.68. The lowest BCUT2D eigenvalue weighted by atomic mass is 10.2. The van der Waals surface area contributed by atoms with E-state index in [-0.39, 0.29) is 11.5 Å². The van der Waals surface area contributed by atoms with Gasteiger partial charge in [0.25, 0.3) is 0 Å². The first-order valence-corrected chi connectivity index (χ1v) is 8.49. The van der Waals surface area contributed by atoms with Crippen LogP contribution in [0.3, 0.4) is 0 Å². The first-order valence-electron chi connectivity index (χ1n) is 6.01. The second-order valence-electron chi connectivity index (χ2n) is 4.32. The van der Waals surface area contributed by atoms with E-state index in [4.69, 9.17) is 15.4 Å². The zero-order valence-corrected chi connectivity index (χ0v) is 12.8. The van der Waals surface area contributed by atoms with Crippen LogP contribution < -0.4 is 0 Å². The van der Waals surface area contributed by atoms with E-state index in [9.17, 15) is 26.4 Å². The molecule has 0 saturated heterocycles. The minimum absolute atomic E-state index is 0.221. The Morgan fingerprint density at radius 3 is 2.32 bits per heavy atom. The second kappa shape index (κ2) is 7.68. The number of rotatable bonds is 6. The van der Waals surface area contributed by atoms with Crippen molar-refractivity contribution >= 4 is 25.8 Å². The van der Waals surface area contributed by atoms with E-state index in [1.807, 2.05) is 0 Å². The van der Waals surface area contributed by atoms with Gasteiger partial charge in [0.2, 0.25) is 9.05 Å². The third kappa shape index (κ3) is 8.08. The average molecular weight is 360 g/mol. The summed E-state index contributed by atoms with van der Waals surface area (Å²) in [6.45, 7) is -2.55. The van der Waals surface area contributed by atoms with Gasteiger partial charge in [0.15, 0.2) is 0 Å². The van der Waals surface area contributed by atoms with Gasteiger partial charge in [-0.3, -0.25) is 4.90 Å². The van der Waals surface area contributed by atoms with Gasteiger partial charge < -0.3 is 4.74 Å². The van der Waals surface area contributed by atoms with E-state index < -0.39 is 40.2 Å². The number of nitrogens with zero attached hydrogens (tertiary/aromatic N) is 1. The number of alkyl halides is 3. The Hall–Kier alpha value is -1.48. The van der Waals surface area contributed by atoms with Crippen LogP contribution >= 0.6 is 10.7 Å². The molecule has 0 bridgehead atoms. The number of amides is 1. The van der Waals surface area contributed by atoms with Gasteiger partial charge in [-0.2, -0.15) is 13.2 Å². The van der Waals surface area contributed by atoms with Crippen LogP contribution in [0.2, 0.25) is 0 Å². The van der Waals surface area contributed by atoms with E-state index in [0.717, 1.165) is 0 Å². The van der Waals surface area contributed by atoms with Crippen LogP contribution in [-0.2, 0) is 20.4 Å². The van der Waals surface area contributed by atoms with Gasteiger partial charge in [-0.25, -0.2) is 13.2 Å². The summed E-state index contributed by atoms with van der Waals surface area (Å²) in [4.78, 5) is 11.9. The minimum Gasteiger partial charge on any atom is -0.445 e. The highest BCUT2D eigenvalue weighted by Crippen LogP contribution is 2.17. The second-order valence-corrected chi connectivity index (χ2v) is 7.22. The molecule has 0 saturated carbocycles. The molecular formula is C12H13ClF3NO4S. The molecule has 0 aliphatic carbocycles. The van der Waals surface area contributed by atoms with Crippen molar-refractivity contribution in [1.29, 1.82) is 0 Å². The quantitative estimate of drug-likeness (QED) is 0.733. The Bertz CT molecular complexity index is 592. The molecule has 0 aliphatic heterocycles. The van der Waals surface area contributed by atoms with Crippen molar-refractivity contribution in [2.24, 2.45) is 0 Å². The summed E-state index contributed by atoms with van der Waals surface area (Å²) < 4.78 is 63.6. The summed E-state index contributed by atoms with van der Waals surface area (Å²) >= 11 is 0. The molecule has 1 aromatic carbocycles. The number of hydrogen-bond acceptors (Lipinski definition) is 4. The van der Waals surface area contributed by atoms with Crippen molar-refractivity contribution in [3.63, 3.8) is 0 Å². The Morgan fingerprint density at radius 2 is 1.82 bits per heavy atom. The smallest absolute Gasteiger partial charge is 0.410 e. The van der Waals surface area contributed by atoms with E-state index in [1.54, 1.807) is 30.3 Å². The van der Waals surface area contributed by atoms with Crippen LogP contribution in [0.4, 0.5) is 18.0 Å². The molecule has 0 aromatic heterocycles. The molecule has 0 heterocycles. The number of ether oxygens (including phenoxy) is 1. The summed E-state index contributed by atoms with van der Waals surface area (Å²) in [6, 6.07) is 8.34. The third-order valence-corrected chi connectivity index (χ3v) is 3.57. The SMILES string of the molecule is O=C(OCc1ccccc1)N(CCS(=O)(=O)Cl)CC(F)(F)F. The third-order valence-electron chi connectivity index (χ3n) is 2.44. The molecular weight excluding hydrogens is 347 g/mol. The Balaban J connectivity index is 2.66. The molecule has 0 spiro atoms. The molecule has 124 valence electrons. The fraction of sp³-hybridized carbons (Fsp3) is 0.417. The number of hydrogen-bond donors (Lipinski definition) is 0. The monoisotopic (exact) mass is 359 g/mol. The normalized spacial score (nSPS) is 12.0. The van der Waals surface area contributed by atoms with Crippen LogP contribution in [0, 0.1) is 0 Å². The maximum Gasteiger partial charge on any atom is 0.410 e.